The highest BCUT2D eigenvalue weighted by atomic mass is 32.2. The van der Waals surface area contributed by atoms with Gasteiger partial charge in [-0.3, -0.25) is 4.79 Å². The Hall–Kier alpha value is -0.760. The summed E-state index contributed by atoms with van der Waals surface area (Å²) in [7, 11) is 0. The first-order valence-corrected chi connectivity index (χ1v) is 5.29. The van der Waals surface area contributed by atoms with Crippen LogP contribution in [-0.4, -0.2) is 12.0 Å². The monoisotopic (exact) mass is 196 g/mol. The number of carbonyl (C=O) groups is 1. The van der Waals surface area contributed by atoms with Gasteiger partial charge in [0, 0.05) is 4.91 Å². The SMILES string of the molecule is CCSC(C=C(C)C)=CC=CC=O. The number of hydrogen-bond acceptors (Lipinski definition) is 2. The van der Waals surface area contributed by atoms with E-state index >= 15 is 0 Å². The summed E-state index contributed by atoms with van der Waals surface area (Å²) >= 11 is 1.77. The minimum atomic E-state index is 0.785. The molecule has 0 rings (SSSR count). The van der Waals surface area contributed by atoms with Crippen molar-refractivity contribution in [3.8, 4) is 0 Å². The summed E-state index contributed by atoms with van der Waals surface area (Å²) in [5.74, 6) is 1.05. The Balaban J connectivity index is 4.40. The van der Waals surface area contributed by atoms with Crippen LogP contribution in [0.2, 0.25) is 0 Å². The lowest BCUT2D eigenvalue weighted by atomic mass is 10.3. The van der Waals surface area contributed by atoms with Crippen molar-refractivity contribution in [2.45, 2.75) is 20.8 Å². The first kappa shape index (κ1) is 12.2. The second-order valence-electron chi connectivity index (χ2n) is 2.74. The van der Waals surface area contributed by atoms with Gasteiger partial charge in [-0.05, 0) is 37.8 Å². The maximum atomic E-state index is 10.0. The number of aldehydes is 1. The molecule has 0 aromatic carbocycles. The molecule has 0 aromatic heterocycles. The molecule has 72 valence electrons. The fourth-order valence-corrected chi connectivity index (χ4v) is 1.61. The molecule has 0 amide bonds. The zero-order chi connectivity index (χ0) is 10.1. The molecule has 0 aliphatic heterocycles. The summed E-state index contributed by atoms with van der Waals surface area (Å²) in [6.07, 6.45) is 8.12. The molecular weight excluding hydrogens is 180 g/mol. The molecule has 0 unspecified atom stereocenters. The van der Waals surface area contributed by atoms with Crippen LogP contribution in [0.5, 0.6) is 0 Å². The van der Waals surface area contributed by atoms with Gasteiger partial charge < -0.3 is 0 Å². The van der Waals surface area contributed by atoms with E-state index < -0.39 is 0 Å². The van der Waals surface area contributed by atoms with Crippen molar-refractivity contribution in [1.29, 1.82) is 0 Å². The van der Waals surface area contributed by atoms with Crippen LogP contribution in [0, 0.1) is 0 Å². The van der Waals surface area contributed by atoms with E-state index in [1.807, 2.05) is 6.08 Å². The highest BCUT2D eigenvalue weighted by Crippen LogP contribution is 2.18. The van der Waals surface area contributed by atoms with E-state index in [2.05, 4.69) is 26.8 Å². The molecule has 0 heterocycles. The van der Waals surface area contributed by atoms with Crippen molar-refractivity contribution in [3.05, 3.63) is 34.8 Å². The van der Waals surface area contributed by atoms with Crippen LogP contribution >= 0.6 is 11.8 Å². The Morgan fingerprint density at radius 1 is 1.31 bits per heavy atom. The molecule has 2 heteroatoms. The minimum Gasteiger partial charge on any atom is -0.299 e. The van der Waals surface area contributed by atoms with Gasteiger partial charge in [-0.1, -0.05) is 18.6 Å². The van der Waals surface area contributed by atoms with E-state index in [1.165, 1.54) is 16.6 Å². The van der Waals surface area contributed by atoms with Gasteiger partial charge in [0.2, 0.25) is 0 Å². The zero-order valence-corrected chi connectivity index (χ0v) is 9.23. The predicted molar refractivity (Wildman–Crippen MR) is 60.9 cm³/mol. The van der Waals surface area contributed by atoms with E-state index in [1.54, 1.807) is 17.8 Å². The van der Waals surface area contributed by atoms with Crippen molar-refractivity contribution in [2.24, 2.45) is 0 Å². The Bertz CT molecular complexity index is 232. The fraction of sp³-hybridized carbons (Fsp3) is 0.364. The maximum Gasteiger partial charge on any atom is 0.142 e. The summed E-state index contributed by atoms with van der Waals surface area (Å²) in [5.41, 5.74) is 1.27. The van der Waals surface area contributed by atoms with Crippen molar-refractivity contribution >= 4 is 18.0 Å². The van der Waals surface area contributed by atoms with Gasteiger partial charge in [-0.2, -0.15) is 0 Å². The molecule has 13 heavy (non-hydrogen) atoms. The van der Waals surface area contributed by atoms with Gasteiger partial charge in [0.05, 0.1) is 0 Å². The van der Waals surface area contributed by atoms with E-state index in [4.69, 9.17) is 0 Å². The molecule has 0 atom stereocenters. The molecular formula is C11H16OS. The van der Waals surface area contributed by atoms with Gasteiger partial charge in [-0.15, -0.1) is 11.8 Å². The molecule has 0 aromatic rings. The first-order valence-electron chi connectivity index (χ1n) is 4.30. The largest absolute Gasteiger partial charge is 0.299 e. The molecule has 0 saturated carbocycles. The quantitative estimate of drug-likeness (QED) is 0.381. The van der Waals surface area contributed by atoms with Crippen LogP contribution in [0.3, 0.4) is 0 Å². The average molecular weight is 196 g/mol. The van der Waals surface area contributed by atoms with Crippen molar-refractivity contribution in [2.75, 3.05) is 5.75 Å². The number of hydrogen-bond donors (Lipinski definition) is 0. The smallest absolute Gasteiger partial charge is 0.142 e. The third-order valence-electron chi connectivity index (χ3n) is 1.19. The summed E-state index contributed by atoms with van der Waals surface area (Å²) in [6, 6.07) is 0. The van der Waals surface area contributed by atoms with Gasteiger partial charge in [0.15, 0.2) is 0 Å². The minimum absolute atomic E-state index is 0.785. The van der Waals surface area contributed by atoms with Gasteiger partial charge in [-0.25, -0.2) is 0 Å². The molecule has 0 aliphatic rings. The van der Waals surface area contributed by atoms with E-state index in [-0.39, 0.29) is 0 Å². The summed E-state index contributed by atoms with van der Waals surface area (Å²) in [4.78, 5) is 11.2. The van der Waals surface area contributed by atoms with E-state index in [0.29, 0.717) is 0 Å². The predicted octanol–water partition coefficient (Wildman–Crippen LogP) is 3.34. The van der Waals surface area contributed by atoms with Crippen LogP contribution in [0.4, 0.5) is 0 Å². The maximum absolute atomic E-state index is 10.0. The molecule has 0 fully saturated rings. The van der Waals surface area contributed by atoms with Crippen molar-refractivity contribution < 1.29 is 4.79 Å². The zero-order valence-electron chi connectivity index (χ0n) is 8.41. The van der Waals surface area contributed by atoms with E-state index in [9.17, 15) is 4.79 Å². The third kappa shape index (κ3) is 7.60. The standard InChI is InChI=1S/C11H16OS/c1-4-13-11(9-10(2)3)7-5-6-8-12/h5-9H,4H2,1-3H3. The second-order valence-corrected chi connectivity index (χ2v) is 4.08. The Morgan fingerprint density at radius 3 is 2.46 bits per heavy atom. The highest BCUT2D eigenvalue weighted by molar-refractivity contribution is 8.03. The molecule has 0 radical (unpaired) electrons. The first-order chi connectivity index (χ1) is 6.20. The third-order valence-corrected chi connectivity index (χ3v) is 2.07. The van der Waals surface area contributed by atoms with Crippen LogP contribution in [0.1, 0.15) is 20.8 Å². The Labute approximate surface area is 84.6 Å². The van der Waals surface area contributed by atoms with Gasteiger partial charge in [0.1, 0.15) is 6.29 Å². The fourth-order valence-electron chi connectivity index (χ4n) is 0.785. The number of thioether (sulfide) groups is 1. The summed E-state index contributed by atoms with van der Waals surface area (Å²) in [5, 5.41) is 0. The molecule has 0 bridgehead atoms. The molecule has 0 saturated heterocycles. The van der Waals surface area contributed by atoms with Crippen LogP contribution in [-0.2, 0) is 4.79 Å². The lowest BCUT2D eigenvalue weighted by Gasteiger charge is -1.98. The molecule has 0 N–H and O–H groups in total. The van der Waals surface area contributed by atoms with Crippen LogP contribution in [0.25, 0.3) is 0 Å². The van der Waals surface area contributed by atoms with Crippen molar-refractivity contribution in [3.63, 3.8) is 0 Å². The second kappa shape index (κ2) is 7.87. The number of rotatable bonds is 5. The topological polar surface area (TPSA) is 17.1 Å². The molecule has 0 aliphatic carbocycles. The van der Waals surface area contributed by atoms with Gasteiger partial charge in [0.25, 0.3) is 0 Å². The molecule has 1 nitrogen and oxygen atoms in total. The van der Waals surface area contributed by atoms with Crippen LogP contribution < -0.4 is 0 Å². The lowest BCUT2D eigenvalue weighted by Crippen LogP contribution is -1.74. The normalized spacial score (nSPS) is 11.8. The van der Waals surface area contributed by atoms with Crippen LogP contribution in [0.15, 0.2) is 34.8 Å². The van der Waals surface area contributed by atoms with Gasteiger partial charge >= 0.3 is 0 Å². The number of carbonyl (C=O) groups excluding carboxylic acids is 1. The highest BCUT2D eigenvalue weighted by Gasteiger charge is 1.89. The molecule has 0 spiro atoms. The Morgan fingerprint density at radius 2 is 2.00 bits per heavy atom. The Kier molecular flexibility index (Phi) is 7.41. The van der Waals surface area contributed by atoms with E-state index in [0.717, 1.165) is 12.0 Å². The average Bonchev–Trinajstić information content (AvgIpc) is 2.04. The lowest BCUT2D eigenvalue weighted by molar-refractivity contribution is -0.104. The number of allylic oxidation sites excluding steroid dienone is 5. The summed E-state index contributed by atoms with van der Waals surface area (Å²) < 4.78 is 0. The van der Waals surface area contributed by atoms with Crippen molar-refractivity contribution in [1.82, 2.24) is 0 Å². The summed E-state index contributed by atoms with van der Waals surface area (Å²) in [6.45, 7) is 6.24.